The largest absolute Gasteiger partial charge is 0.550 e. The van der Waals surface area contributed by atoms with Gasteiger partial charge in [0.25, 0.3) is 0 Å². The Hall–Kier alpha value is -1.92. The minimum Gasteiger partial charge on any atom is -0.550 e. The van der Waals surface area contributed by atoms with E-state index in [9.17, 15) is 0 Å². The fraction of sp³-hybridized carbons (Fsp3) is 0.800. The third-order valence-electron chi connectivity index (χ3n) is 8.45. The van der Waals surface area contributed by atoms with E-state index in [1.165, 1.54) is 153 Å². The van der Waals surface area contributed by atoms with Gasteiger partial charge < -0.3 is 28.8 Å². The van der Waals surface area contributed by atoms with Crippen LogP contribution in [-0.4, -0.2) is 62.2 Å². The number of carbonyl (C=O) groups excluding carboxylic acids is 2. The first-order valence-electron chi connectivity index (χ1n) is 18.8. The van der Waals surface area contributed by atoms with E-state index in [-0.39, 0.29) is 0 Å². The molecule has 0 atom stereocenters. The summed E-state index contributed by atoms with van der Waals surface area (Å²) in [5, 5.41) is 17.8. The van der Waals surface area contributed by atoms with Gasteiger partial charge in [-0.15, -0.1) is 0 Å². The Kier molecular flexibility index (Phi) is 30.5. The number of carbonyl (C=O) groups is 2. The van der Waals surface area contributed by atoms with E-state index in [2.05, 4.69) is 66.3 Å². The summed E-state index contributed by atoms with van der Waals surface area (Å²) >= 11 is 0. The minimum absolute atomic E-state index is 0.972. The van der Waals surface area contributed by atoms with Crippen molar-refractivity contribution in [3.63, 3.8) is 0 Å². The van der Waals surface area contributed by atoms with Gasteiger partial charge in [-0.3, -0.25) is 0 Å². The first kappa shape index (κ1) is 46.2. The van der Waals surface area contributed by atoms with Crippen molar-refractivity contribution in [3.05, 3.63) is 35.4 Å². The topological polar surface area (TPSA) is 80.3 Å². The molecule has 0 unspecified atom stereocenters. The van der Waals surface area contributed by atoms with Gasteiger partial charge in [-0.1, -0.05) is 135 Å². The molecule has 0 aliphatic heterocycles. The number of rotatable bonds is 26. The Morgan fingerprint density at radius 2 is 0.739 bits per heavy atom. The number of carboxylic acid groups (broad SMARTS) is 2. The van der Waals surface area contributed by atoms with Crippen LogP contribution in [0.4, 0.5) is 0 Å². The van der Waals surface area contributed by atoms with Gasteiger partial charge in [0.15, 0.2) is 0 Å². The van der Waals surface area contributed by atoms with E-state index in [1.807, 2.05) is 0 Å². The van der Waals surface area contributed by atoms with Gasteiger partial charge in [0.05, 0.1) is 41.3 Å². The van der Waals surface area contributed by atoms with Crippen molar-refractivity contribution in [2.45, 2.75) is 169 Å². The van der Waals surface area contributed by atoms with Crippen LogP contribution in [0.15, 0.2) is 24.3 Å². The van der Waals surface area contributed by atoms with Crippen molar-refractivity contribution in [2.75, 3.05) is 41.3 Å². The van der Waals surface area contributed by atoms with Crippen LogP contribution in [0.3, 0.4) is 0 Å². The first-order valence-corrected chi connectivity index (χ1v) is 18.8. The smallest absolute Gasteiger partial charge is 0.104 e. The number of nitrogens with zero attached hydrogens (tertiary/aromatic N) is 2. The second-order valence-corrected chi connectivity index (χ2v) is 14.8. The fourth-order valence-electron chi connectivity index (χ4n) is 6.03. The summed E-state index contributed by atoms with van der Waals surface area (Å²) in [6.07, 6.45) is 28.4. The minimum atomic E-state index is -1.08. The Labute approximate surface area is 286 Å². The Morgan fingerprint density at radius 1 is 0.500 bits per heavy atom. The number of carboxylic acids is 2. The monoisotopic (exact) mass is 649 g/mol. The van der Waals surface area contributed by atoms with E-state index < -0.39 is 11.9 Å². The van der Waals surface area contributed by atoms with Crippen molar-refractivity contribution >= 4 is 11.9 Å². The summed E-state index contributed by atoms with van der Waals surface area (Å²) in [5.74, 6) is -2.17. The van der Waals surface area contributed by atoms with E-state index in [4.69, 9.17) is 19.8 Å². The molecule has 0 N–H and O–H groups in total. The SMILES string of the molecule is CC(=O)[O-].CC(=O)[O-].CCCCCCCCCCCC[N+](C)(C)Cc1cccc(C[N+](C)(C)CCCCCCCCCCCC)c1. The molecule has 0 fully saturated rings. The molecule has 0 aromatic heterocycles. The highest BCUT2D eigenvalue weighted by molar-refractivity contribution is 5.60. The van der Waals surface area contributed by atoms with Gasteiger partial charge in [-0.25, -0.2) is 0 Å². The van der Waals surface area contributed by atoms with Crippen molar-refractivity contribution in [2.24, 2.45) is 0 Å². The molecule has 0 saturated carbocycles. The summed E-state index contributed by atoms with van der Waals surface area (Å²) in [7, 11) is 9.69. The maximum atomic E-state index is 8.89. The van der Waals surface area contributed by atoms with Gasteiger partial charge in [-0.05, 0) is 45.6 Å². The molecule has 0 aliphatic carbocycles. The number of hydrogen-bond donors (Lipinski definition) is 0. The number of quaternary nitrogens is 2. The molecule has 0 aliphatic rings. The molecule has 1 rings (SSSR count). The van der Waals surface area contributed by atoms with Gasteiger partial charge in [0.2, 0.25) is 0 Å². The molecule has 46 heavy (non-hydrogen) atoms. The molecule has 0 amide bonds. The molecule has 0 bridgehead atoms. The third-order valence-corrected chi connectivity index (χ3v) is 8.45. The maximum Gasteiger partial charge on any atom is 0.104 e. The zero-order chi connectivity index (χ0) is 35.1. The van der Waals surface area contributed by atoms with Gasteiger partial charge in [0, 0.05) is 23.1 Å². The van der Waals surface area contributed by atoms with Crippen LogP contribution in [0.1, 0.15) is 167 Å². The molecule has 6 nitrogen and oxygen atoms in total. The maximum absolute atomic E-state index is 8.89. The van der Waals surface area contributed by atoms with E-state index in [0.29, 0.717) is 0 Å². The Bertz CT molecular complexity index is 780. The van der Waals surface area contributed by atoms with Crippen LogP contribution in [0.5, 0.6) is 0 Å². The average molecular weight is 649 g/mol. The molecule has 6 heteroatoms. The van der Waals surface area contributed by atoms with Crippen LogP contribution in [0, 0.1) is 0 Å². The quantitative estimate of drug-likeness (QED) is 0.0749. The first-order chi connectivity index (χ1) is 21.7. The third kappa shape index (κ3) is 36.5. The molecule has 1 aromatic carbocycles. The van der Waals surface area contributed by atoms with E-state index in [1.54, 1.807) is 0 Å². The van der Waals surface area contributed by atoms with Crippen LogP contribution in [-0.2, 0) is 22.7 Å². The lowest BCUT2D eigenvalue weighted by Gasteiger charge is -2.31. The average Bonchev–Trinajstić information content (AvgIpc) is 2.94. The highest BCUT2D eigenvalue weighted by atomic mass is 16.4. The van der Waals surface area contributed by atoms with Crippen molar-refractivity contribution in [1.82, 2.24) is 0 Å². The number of unbranched alkanes of at least 4 members (excludes halogenated alkanes) is 18. The molecule has 1 aromatic rings. The normalized spacial score (nSPS) is 11.3. The van der Waals surface area contributed by atoms with Crippen LogP contribution < -0.4 is 10.2 Å². The van der Waals surface area contributed by atoms with E-state index >= 15 is 0 Å². The standard InChI is InChI=1S/C36H70N2.2C2H4O2/c1-7-9-11-13-15-17-19-21-23-25-30-37(3,4)33-35-28-27-29-36(32-35)34-38(5,6)31-26-24-22-20-18-16-14-12-10-8-2;2*1-2(3)4/h27-29,32H,7-26,30-31,33-34H2,1-6H3;2*1H3,(H,3,4)/q+2;;/p-2. The van der Waals surface area contributed by atoms with Crippen molar-refractivity contribution in [1.29, 1.82) is 0 Å². The summed E-state index contributed by atoms with van der Waals surface area (Å²) in [5.41, 5.74) is 3.03. The van der Waals surface area contributed by atoms with Gasteiger partial charge >= 0.3 is 0 Å². The molecular weight excluding hydrogens is 572 g/mol. The highest BCUT2D eigenvalue weighted by Gasteiger charge is 2.18. The molecule has 0 radical (unpaired) electrons. The molecule has 0 spiro atoms. The Morgan fingerprint density at radius 3 is 1.00 bits per heavy atom. The second kappa shape index (κ2) is 30.4. The van der Waals surface area contributed by atoms with E-state index in [0.717, 1.165) is 35.9 Å². The lowest BCUT2D eigenvalue weighted by atomic mass is 10.1. The summed E-state index contributed by atoms with van der Waals surface area (Å²) in [6, 6.07) is 9.50. The van der Waals surface area contributed by atoms with Crippen molar-refractivity contribution < 1.29 is 28.8 Å². The summed E-state index contributed by atoms with van der Waals surface area (Å²) in [4.78, 5) is 17.8. The molecule has 0 saturated heterocycles. The summed E-state index contributed by atoms with van der Waals surface area (Å²) < 4.78 is 2.22. The number of aliphatic carboxylic acids is 2. The van der Waals surface area contributed by atoms with Crippen LogP contribution in [0.25, 0.3) is 0 Å². The second-order valence-electron chi connectivity index (χ2n) is 14.8. The number of hydrogen-bond acceptors (Lipinski definition) is 4. The van der Waals surface area contributed by atoms with Crippen molar-refractivity contribution in [3.8, 4) is 0 Å². The van der Waals surface area contributed by atoms with Gasteiger partial charge in [0.1, 0.15) is 13.1 Å². The Balaban J connectivity index is 0. The summed E-state index contributed by atoms with van der Waals surface area (Å²) in [6.45, 7) is 11.4. The molecule has 0 heterocycles. The zero-order valence-electron chi connectivity index (χ0n) is 31.8. The fourth-order valence-corrected chi connectivity index (χ4v) is 6.03. The highest BCUT2D eigenvalue weighted by Crippen LogP contribution is 2.18. The lowest BCUT2D eigenvalue weighted by molar-refractivity contribution is -0.904. The lowest BCUT2D eigenvalue weighted by Crippen LogP contribution is -2.40. The van der Waals surface area contributed by atoms with Gasteiger partial charge in [-0.2, -0.15) is 0 Å². The molecule has 270 valence electrons. The van der Waals surface area contributed by atoms with Crippen LogP contribution >= 0.6 is 0 Å². The predicted octanol–water partition coefficient (Wildman–Crippen LogP) is 8.19. The zero-order valence-corrected chi connectivity index (χ0v) is 31.8. The predicted molar refractivity (Wildman–Crippen MR) is 193 cm³/mol. The van der Waals surface area contributed by atoms with Crippen LogP contribution in [0.2, 0.25) is 0 Å². The number of benzene rings is 1. The molecular formula is C40H76N2O4.